The normalized spacial score (nSPS) is 11.3. The number of hydrogen-bond donors (Lipinski definition) is 2. The first-order valence-corrected chi connectivity index (χ1v) is 9.88. The van der Waals surface area contributed by atoms with Crippen LogP contribution in [0.25, 0.3) is 0 Å². The monoisotopic (exact) mass is 400 g/mol. The average Bonchev–Trinajstić information content (AvgIpc) is 2.61. The van der Waals surface area contributed by atoms with E-state index in [1.54, 1.807) is 30.3 Å². The number of nitrogens with one attached hydrogen (secondary N) is 2. The number of halogens is 2. The van der Waals surface area contributed by atoms with Gasteiger partial charge in [-0.1, -0.05) is 53.5 Å². The SMILES string of the molecule is O=C(CCc1cccc(Cl)c1Cl)NCCNS(=O)(=O)c1ccccc1. The van der Waals surface area contributed by atoms with Gasteiger partial charge in [0.15, 0.2) is 0 Å². The van der Waals surface area contributed by atoms with E-state index in [9.17, 15) is 13.2 Å². The summed E-state index contributed by atoms with van der Waals surface area (Å²) < 4.78 is 26.5. The summed E-state index contributed by atoms with van der Waals surface area (Å²) in [5.41, 5.74) is 0.800. The molecule has 1 amide bonds. The van der Waals surface area contributed by atoms with Crippen LogP contribution in [0.4, 0.5) is 0 Å². The standard InChI is InChI=1S/C17H18Cl2N2O3S/c18-15-8-4-5-13(17(15)19)9-10-16(22)20-11-12-21-25(23,24)14-6-2-1-3-7-14/h1-8,21H,9-12H2,(H,20,22). The van der Waals surface area contributed by atoms with E-state index in [2.05, 4.69) is 10.0 Å². The predicted molar refractivity (Wildman–Crippen MR) is 99.4 cm³/mol. The maximum Gasteiger partial charge on any atom is 0.240 e. The number of carbonyl (C=O) groups is 1. The van der Waals surface area contributed by atoms with Gasteiger partial charge in [-0.05, 0) is 30.2 Å². The Morgan fingerprint density at radius 1 is 0.960 bits per heavy atom. The van der Waals surface area contributed by atoms with Crippen molar-refractivity contribution < 1.29 is 13.2 Å². The summed E-state index contributed by atoms with van der Waals surface area (Å²) >= 11 is 12.0. The fraction of sp³-hybridized carbons (Fsp3) is 0.235. The summed E-state index contributed by atoms with van der Waals surface area (Å²) in [6, 6.07) is 13.3. The Kier molecular flexibility index (Phi) is 7.25. The van der Waals surface area contributed by atoms with Gasteiger partial charge in [-0.3, -0.25) is 4.79 Å². The van der Waals surface area contributed by atoms with E-state index in [1.807, 2.05) is 6.07 Å². The van der Waals surface area contributed by atoms with E-state index >= 15 is 0 Å². The van der Waals surface area contributed by atoms with Gasteiger partial charge < -0.3 is 5.32 Å². The Morgan fingerprint density at radius 2 is 1.68 bits per heavy atom. The maximum atomic E-state index is 12.0. The minimum absolute atomic E-state index is 0.112. The van der Waals surface area contributed by atoms with Gasteiger partial charge in [-0.15, -0.1) is 0 Å². The van der Waals surface area contributed by atoms with Crippen molar-refractivity contribution in [3.63, 3.8) is 0 Å². The van der Waals surface area contributed by atoms with E-state index in [-0.39, 0.29) is 30.3 Å². The zero-order valence-electron chi connectivity index (χ0n) is 13.3. The molecule has 0 unspecified atom stereocenters. The summed E-state index contributed by atoms with van der Waals surface area (Å²) in [6.45, 7) is 0.315. The van der Waals surface area contributed by atoms with Crippen molar-refractivity contribution in [1.82, 2.24) is 10.0 Å². The van der Waals surface area contributed by atoms with Gasteiger partial charge >= 0.3 is 0 Å². The maximum absolute atomic E-state index is 12.0. The molecule has 5 nitrogen and oxygen atoms in total. The molecule has 0 radical (unpaired) electrons. The number of carbonyl (C=O) groups excluding carboxylic acids is 1. The molecule has 2 aromatic rings. The van der Waals surface area contributed by atoms with Crippen LogP contribution in [0.1, 0.15) is 12.0 Å². The van der Waals surface area contributed by atoms with Crippen LogP contribution in [0.2, 0.25) is 10.0 Å². The van der Waals surface area contributed by atoms with Gasteiger partial charge in [0, 0.05) is 19.5 Å². The summed E-state index contributed by atoms with van der Waals surface area (Å²) in [5.74, 6) is -0.185. The minimum atomic E-state index is -3.56. The van der Waals surface area contributed by atoms with E-state index in [1.165, 1.54) is 12.1 Å². The van der Waals surface area contributed by atoms with Gasteiger partial charge in [-0.2, -0.15) is 0 Å². The van der Waals surface area contributed by atoms with E-state index < -0.39 is 10.0 Å². The Balaban J connectivity index is 1.73. The van der Waals surface area contributed by atoms with Crippen LogP contribution in [-0.2, 0) is 21.2 Å². The Labute approximate surface area is 157 Å². The molecule has 2 rings (SSSR count). The highest BCUT2D eigenvalue weighted by Gasteiger charge is 2.12. The number of benzene rings is 2. The molecule has 0 aliphatic rings. The van der Waals surface area contributed by atoms with Crippen LogP contribution < -0.4 is 10.0 Å². The molecule has 0 saturated heterocycles. The minimum Gasteiger partial charge on any atom is -0.355 e. The van der Waals surface area contributed by atoms with Crippen LogP contribution >= 0.6 is 23.2 Å². The quantitative estimate of drug-likeness (QED) is 0.668. The predicted octanol–water partition coefficient (Wildman–Crippen LogP) is 3.02. The molecular formula is C17H18Cl2N2O3S. The third-order valence-corrected chi connectivity index (χ3v) is 5.78. The number of rotatable bonds is 8. The number of sulfonamides is 1. The fourth-order valence-electron chi connectivity index (χ4n) is 2.15. The lowest BCUT2D eigenvalue weighted by Crippen LogP contribution is -2.34. The second kappa shape index (κ2) is 9.20. The van der Waals surface area contributed by atoms with Gasteiger partial charge in [0.25, 0.3) is 0 Å². The topological polar surface area (TPSA) is 75.3 Å². The third-order valence-electron chi connectivity index (χ3n) is 3.45. The second-order valence-electron chi connectivity index (χ2n) is 5.27. The lowest BCUT2D eigenvalue weighted by Gasteiger charge is -2.09. The first-order chi connectivity index (χ1) is 11.9. The van der Waals surface area contributed by atoms with Crippen molar-refractivity contribution in [3.8, 4) is 0 Å². The second-order valence-corrected chi connectivity index (χ2v) is 7.83. The van der Waals surface area contributed by atoms with Gasteiger partial charge in [0.05, 0.1) is 14.9 Å². The molecule has 0 atom stereocenters. The van der Waals surface area contributed by atoms with E-state index in [0.29, 0.717) is 16.5 Å². The van der Waals surface area contributed by atoms with Crippen molar-refractivity contribution in [2.45, 2.75) is 17.7 Å². The van der Waals surface area contributed by atoms with Gasteiger partial charge in [0.2, 0.25) is 15.9 Å². The van der Waals surface area contributed by atoms with E-state index in [4.69, 9.17) is 23.2 Å². The molecule has 134 valence electrons. The molecule has 8 heteroatoms. The molecule has 0 aliphatic heterocycles. The Hall–Kier alpha value is -1.60. The highest BCUT2D eigenvalue weighted by Crippen LogP contribution is 2.26. The first-order valence-electron chi connectivity index (χ1n) is 7.64. The highest BCUT2D eigenvalue weighted by atomic mass is 35.5. The molecular weight excluding hydrogens is 383 g/mol. The molecule has 0 aromatic heterocycles. The zero-order chi connectivity index (χ0) is 18.3. The molecule has 0 saturated carbocycles. The molecule has 0 spiro atoms. The Morgan fingerprint density at radius 3 is 2.40 bits per heavy atom. The molecule has 0 fully saturated rings. The van der Waals surface area contributed by atoms with Crippen LogP contribution in [0.5, 0.6) is 0 Å². The molecule has 0 bridgehead atoms. The molecule has 0 aliphatic carbocycles. The first kappa shape index (κ1) is 19.7. The molecule has 25 heavy (non-hydrogen) atoms. The zero-order valence-corrected chi connectivity index (χ0v) is 15.7. The summed E-state index contributed by atoms with van der Waals surface area (Å²) in [5, 5.41) is 3.57. The van der Waals surface area contributed by atoms with Crippen molar-refractivity contribution in [1.29, 1.82) is 0 Å². The largest absolute Gasteiger partial charge is 0.355 e. The van der Waals surface area contributed by atoms with Crippen molar-refractivity contribution in [2.24, 2.45) is 0 Å². The highest BCUT2D eigenvalue weighted by molar-refractivity contribution is 7.89. The van der Waals surface area contributed by atoms with Crippen LogP contribution in [0, 0.1) is 0 Å². The van der Waals surface area contributed by atoms with Gasteiger partial charge in [-0.25, -0.2) is 13.1 Å². The summed E-state index contributed by atoms with van der Waals surface area (Å²) in [4.78, 5) is 12.0. The number of aryl methyl sites for hydroxylation is 1. The summed E-state index contributed by atoms with van der Waals surface area (Å²) in [6.07, 6.45) is 0.701. The fourth-order valence-corrected chi connectivity index (χ4v) is 3.62. The summed E-state index contributed by atoms with van der Waals surface area (Å²) in [7, 11) is -3.56. The van der Waals surface area contributed by atoms with Crippen LogP contribution in [0.3, 0.4) is 0 Å². The van der Waals surface area contributed by atoms with Gasteiger partial charge in [0.1, 0.15) is 0 Å². The molecule has 2 aromatic carbocycles. The Bertz CT molecular complexity index is 827. The van der Waals surface area contributed by atoms with Crippen LogP contribution in [0.15, 0.2) is 53.4 Å². The smallest absolute Gasteiger partial charge is 0.240 e. The van der Waals surface area contributed by atoms with Crippen molar-refractivity contribution >= 4 is 39.1 Å². The molecule has 0 heterocycles. The number of amides is 1. The molecule has 2 N–H and O–H groups in total. The average molecular weight is 401 g/mol. The number of hydrogen-bond acceptors (Lipinski definition) is 3. The third kappa shape index (κ3) is 6.01. The van der Waals surface area contributed by atoms with Crippen LogP contribution in [-0.4, -0.2) is 27.4 Å². The van der Waals surface area contributed by atoms with E-state index in [0.717, 1.165) is 5.56 Å². The lowest BCUT2D eigenvalue weighted by molar-refractivity contribution is -0.121. The lowest BCUT2D eigenvalue weighted by atomic mass is 10.1. The van der Waals surface area contributed by atoms with Crippen molar-refractivity contribution in [3.05, 3.63) is 64.1 Å². The van der Waals surface area contributed by atoms with Crippen molar-refractivity contribution in [2.75, 3.05) is 13.1 Å².